The first-order valence-electron chi connectivity index (χ1n) is 6.71. The summed E-state index contributed by atoms with van der Waals surface area (Å²) in [4.78, 5) is 0. The van der Waals surface area contributed by atoms with Crippen LogP contribution in [0.5, 0.6) is 5.75 Å². The van der Waals surface area contributed by atoms with E-state index in [0.29, 0.717) is 12.1 Å². The molecule has 1 aromatic heterocycles. The first-order valence-corrected chi connectivity index (χ1v) is 6.71. The number of hydrogen-bond acceptors (Lipinski definition) is 4. The Kier molecular flexibility index (Phi) is 3.03. The van der Waals surface area contributed by atoms with E-state index in [1.165, 1.54) is 12.8 Å². The van der Waals surface area contributed by atoms with Crippen LogP contribution in [-0.2, 0) is 0 Å². The van der Waals surface area contributed by atoms with Crippen molar-refractivity contribution in [2.45, 2.75) is 49.7 Å². The molecule has 2 aliphatic carbocycles. The molecular formula is C13H21N3O2. The van der Waals surface area contributed by atoms with Crippen molar-refractivity contribution >= 4 is 0 Å². The minimum absolute atomic E-state index is 0.0922. The van der Waals surface area contributed by atoms with Gasteiger partial charge in [0.1, 0.15) is 0 Å². The first kappa shape index (κ1) is 12.0. The van der Waals surface area contributed by atoms with E-state index in [9.17, 15) is 5.11 Å². The lowest BCUT2D eigenvalue weighted by molar-refractivity contribution is 0.158. The van der Waals surface area contributed by atoms with Gasteiger partial charge in [0.05, 0.1) is 32.2 Å². The highest BCUT2D eigenvalue weighted by Crippen LogP contribution is 2.39. The minimum Gasteiger partial charge on any atom is -0.493 e. The van der Waals surface area contributed by atoms with Crippen LogP contribution in [0.15, 0.2) is 12.4 Å². The average Bonchev–Trinajstić information content (AvgIpc) is 2.93. The number of ether oxygens (including phenoxy) is 1. The van der Waals surface area contributed by atoms with Crippen molar-refractivity contribution in [3.05, 3.63) is 12.4 Å². The van der Waals surface area contributed by atoms with Crippen molar-refractivity contribution in [3.63, 3.8) is 0 Å². The molecule has 2 unspecified atom stereocenters. The van der Waals surface area contributed by atoms with Gasteiger partial charge in [-0.15, -0.1) is 0 Å². The average molecular weight is 251 g/mol. The Morgan fingerprint density at radius 2 is 2.39 bits per heavy atom. The van der Waals surface area contributed by atoms with Gasteiger partial charge in [-0.1, -0.05) is 0 Å². The molecule has 2 fully saturated rings. The molecule has 100 valence electrons. The number of aromatic nitrogens is 2. The molecule has 18 heavy (non-hydrogen) atoms. The number of aliphatic hydroxyl groups is 1. The van der Waals surface area contributed by atoms with Gasteiger partial charge in [-0.25, -0.2) is 0 Å². The summed E-state index contributed by atoms with van der Waals surface area (Å²) in [7, 11) is 1.66. The molecule has 0 saturated heterocycles. The SMILES string of the molecule is COc1cnn(C2CCC(CO)(NC3CC3)C2)c1. The fourth-order valence-electron chi connectivity index (χ4n) is 2.93. The van der Waals surface area contributed by atoms with E-state index in [1.807, 2.05) is 10.9 Å². The molecule has 2 aliphatic rings. The van der Waals surface area contributed by atoms with Crippen LogP contribution in [0, 0.1) is 0 Å². The summed E-state index contributed by atoms with van der Waals surface area (Å²) < 4.78 is 7.14. The molecule has 0 bridgehead atoms. The molecule has 2 saturated carbocycles. The van der Waals surface area contributed by atoms with Crippen molar-refractivity contribution in [1.82, 2.24) is 15.1 Å². The lowest BCUT2D eigenvalue weighted by Crippen LogP contribution is -2.47. The summed E-state index contributed by atoms with van der Waals surface area (Å²) in [5.41, 5.74) is -0.0922. The third-order valence-corrected chi connectivity index (χ3v) is 4.16. The van der Waals surface area contributed by atoms with Crippen LogP contribution in [0.4, 0.5) is 0 Å². The zero-order chi connectivity index (χ0) is 12.6. The molecular weight excluding hydrogens is 230 g/mol. The van der Waals surface area contributed by atoms with Gasteiger partial charge in [0.2, 0.25) is 0 Å². The largest absolute Gasteiger partial charge is 0.493 e. The highest BCUT2D eigenvalue weighted by atomic mass is 16.5. The molecule has 0 aromatic carbocycles. The topological polar surface area (TPSA) is 59.3 Å². The highest BCUT2D eigenvalue weighted by molar-refractivity contribution is 5.13. The third kappa shape index (κ3) is 2.24. The van der Waals surface area contributed by atoms with Gasteiger partial charge in [0.25, 0.3) is 0 Å². The third-order valence-electron chi connectivity index (χ3n) is 4.16. The maximum Gasteiger partial charge on any atom is 0.156 e. The quantitative estimate of drug-likeness (QED) is 0.822. The smallest absolute Gasteiger partial charge is 0.156 e. The molecule has 3 rings (SSSR count). The van der Waals surface area contributed by atoms with E-state index < -0.39 is 0 Å². The van der Waals surface area contributed by atoms with E-state index in [2.05, 4.69) is 10.4 Å². The number of hydrogen-bond donors (Lipinski definition) is 2. The van der Waals surface area contributed by atoms with Crippen molar-refractivity contribution in [3.8, 4) is 5.75 Å². The molecule has 5 nitrogen and oxygen atoms in total. The predicted octanol–water partition coefficient (Wildman–Crippen LogP) is 1.10. The second kappa shape index (κ2) is 4.55. The highest BCUT2D eigenvalue weighted by Gasteiger charge is 2.42. The molecule has 0 aliphatic heterocycles. The summed E-state index contributed by atoms with van der Waals surface area (Å²) in [6, 6.07) is 0.996. The lowest BCUT2D eigenvalue weighted by atomic mass is 9.98. The number of rotatable bonds is 5. The molecule has 1 aromatic rings. The number of nitrogens with one attached hydrogen (secondary N) is 1. The summed E-state index contributed by atoms with van der Waals surface area (Å²) in [6.07, 6.45) is 9.22. The lowest BCUT2D eigenvalue weighted by Gasteiger charge is -2.28. The van der Waals surface area contributed by atoms with Crippen LogP contribution in [-0.4, -0.2) is 40.2 Å². The zero-order valence-corrected chi connectivity index (χ0v) is 10.8. The normalized spacial score (nSPS) is 31.8. The second-order valence-corrected chi connectivity index (χ2v) is 5.61. The Morgan fingerprint density at radius 3 is 3.00 bits per heavy atom. The van der Waals surface area contributed by atoms with Gasteiger partial charge in [-0.3, -0.25) is 4.68 Å². The van der Waals surface area contributed by atoms with Crippen LogP contribution in [0.3, 0.4) is 0 Å². The molecule has 0 radical (unpaired) electrons. The summed E-state index contributed by atoms with van der Waals surface area (Å²) in [5, 5.41) is 17.7. The number of aliphatic hydroxyl groups excluding tert-OH is 1. The van der Waals surface area contributed by atoms with Crippen LogP contribution >= 0.6 is 0 Å². The van der Waals surface area contributed by atoms with Crippen LogP contribution in [0.2, 0.25) is 0 Å². The Balaban J connectivity index is 1.68. The van der Waals surface area contributed by atoms with Gasteiger partial charge >= 0.3 is 0 Å². The van der Waals surface area contributed by atoms with Crippen molar-refractivity contribution < 1.29 is 9.84 Å². The summed E-state index contributed by atoms with van der Waals surface area (Å²) >= 11 is 0. The molecule has 2 N–H and O–H groups in total. The minimum atomic E-state index is -0.0922. The fraction of sp³-hybridized carbons (Fsp3) is 0.769. The predicted molar refractivity (Wildman–Crippen MR) is 67.6 cm³/mol. The van der Waals surface area contributed by atoms with Crippen LogP contribution < -0.4 is 10.1 Å². The molecule has 2 atom stereocenters. The zero-order valence-electron chi connectivity index (χ0n) is 10.8. The Morgan fingerprint density at radius 1 is 1.56 bits per heavy atom. The van der Waals surface area contributed by atoms with Gasteiger partial charge < -0.3 is 15.2 Å². The summed E-state index contributed by atoms with van der Waals surface area (Å²) in [6.45, 7) is 0.221. The number of methoxy groups -OCH3 is 1. The van der Waals surface area contributed by atoms with Gasteiger partial charge in [-0.05, 0) is 32.1 Å². The van der Waals surface area contributed by atoms with Crippen molar-refractivity contribution in [1.29, 1.82) is 0 Å². The Bertz CT molecular complexity index is 416. The molecule has 1 heterocycles. The van der Waals surface area contributed by atoms with E-state index >= 15 is 0 Å². The monoisotopic (exact) mass is 251 g/mol. The van der Waals surface area contributed by atoms with E-state index in [1.54, 1.807) is 13.3 Å². The second-order valence-electron chi connectivity index (χ2n) is 5.61. The fourth-order valence-corrected chi connectivity index (χ4v) is 2.93. The van der Waals surface area contributed by atoms with E-state index in [0.717, 1.165) is 25.0 Å². The standard InChI is InChI=1S/C13H21N3O2/c1-18-12-7-14-16(8-12)11-4-5-13(6-11,9-17)15-10-2-3-10/h7-8,10-11,15,17H,2-6,9H2,1H3. The summed E-state index contributed by atoms with van der Waals surface area (Å²) in [5.74, 6) is 0.798. The van der Waals surface area contributed by atoms with Gasteiger partial charge in [-0.2, -0.15) is 5.10 Å². The van der Waals surface area contributed by atoms with E-state index in [-0.39, 0.29) is 12.1 Å². The molecule has 5 heteroatoms. The Hall–Kier alpha value is -1.07. The van der Waals surface area contributed by atoms with E-state index in [4.69, 9.17) is 4.74 Å². The van der Waals surface area contributed by atoms with Gasteiger partial charge in [0, 0.05) is 11.6 Å². The maximum absolute atomic E-state index is 9.69. The van der Waals surface area contributed by atoms with Crippen LogP contribution in [0.25, 0.3) is 0 Å². The maximum atomic E-state index is 9.69. The van der Waals surface area contributed by atoms with Crippen molar-refractivity contribution in [2.24, 2.45) is 0 Å². The first-order chi connectivity index (χ1) is 8.74. The molecule has 0 amide bonds. The molecule has 0 spiro atoms. The van der Waals surface area contributed by atoms with Crippen LogP contribution in [0.1, 0.15) is 38.1 Å². The Labute approximate surface area is 107 Å². The van der Waals surface area contributed by atoms with Gasteiger partial charge in [0.15, 0.2) is 5.75 Å². The number of nitrogens with zero attached hydrogens (tertiary/aromatic N) is 2. The van der Waals surface area contributed by atoms with Crippen molar-refractivity contribution in [2.75, 3.05) is 13.7 Å².